The summed E-state index contributed by atoms with van der Waals surface area (Å²) in [6, 6.07) is 15.4. The maximum atomic E-state index is 11.6. The molecule has 0 unspecified atom stereocenters. The van der Waals surface area contributed by atoms with Gasteiger partial charge in [-0.1, -0.05) is 0 Å². The molecule has 0 bridgehead atoms. The highest BCUT2D eigenvalue weighted by Gasteiger charge is 2.16. The molecular formula is C21H24N4O2. The average molecular weight is 364 g/mol. The summed E-state index contributed by atoms with van der Waals surface area (Å²) in [5, 5.41) is 4.93. The molecule has 2 aromatic carbocycles. The van der Waals surface area contributed by atoms with Crippen molar-refractivity contribution in [2.75, 3.05) is 11.1 Å². The first kappa shape index (κ1) is 18.4. The van der Waals surface area contributed by atoms with E-state index in [0.29, 0.717) is 0 Å². The molecule has 1 amide bonds. The Labute approximate surface area is 157 Å². The van der Waals surface area contributed by atoms with Crippen molar-refractivity contribution in [2.24, 2.45) is 0 Å². The molecule has 2 heterocycles. The Balaban J connectivity index is 0.000000177. The number of carbonyl (C=O) groups excluding carboxylic acids is 1. The fraction of sp³-hybridized carbons (Fsp3) is 0.190. The zero-order valence-corrected chi connectivity index (χ0v) is 15.7. The lowest BCUT2D eigenvalue weighted by Gasteiger charge is -2.19. The van der Waals surface area contributed by atoms with E-state index < -0.39 is 11.7 Å². The lowest BCUT2D eigenvalue weighted by atomic mass is 10.2. The van der Waals surface area contributed by atoms with Gasteiger partial charge in [0.05, 0.1) is 0 Å². The number of amides is 1. The molecule has 2 aromatic heterocycles. The van der Waals surface area contributed by atoms with E-state index in [-0.39, 0.29) is 0 Å². The van der Waals surface area contributed by atoms with Gasteiger partial charge in [0.15, 0.2) is 0 Å². The van der Waals surface area contributed by atoms with Crippen LogP contribution in [0.3, 0.4) is 0 Å². The number of hydrogen-bond donors (Lipinski definition) is 4. The zero-order chi connectivity index (χ0) is 19.4. The molecule has 6 heteroatoms. The van der Waals surface area contributed by atoms with Crippen molar-refractivity contribution in [3.8, 4) is 0 Å². The van der Waals surface area contributed by atoms with Crippen LogP contribution in [0.5, 0.6) is 0 Å². The molecule has 4 aromatic rings. The van der Waals surface area contributed by atoms with Gasteiger partial charge in [-0.3, -0.25) is 5.32 Å². The number of hydrogen-bond acceptors (Lipinski definition) is 3. The van der Waals surface area contributed by atoms with Crippen LogP contribution >= 0.6 is 0 Å². The van der Waals surface area contributed by atoms with Crippen molar-refractivity contribution < 1.29 is 9.53 Å². The monoisotopic (exact) mass is 364 g/mol. The predicted octanol–water partition coefficient (Wildman–Crippen LogP) is 5.27. The Kier molecular flexibility index (Phi) is 5.07. The highest BCUT2D eigenvalue weighted by atomic mass is 16.6. The minimum absolute atomic E-state index is 0.438. The Morgan fingerprint density at radius 3 is 2.15 bits per heavy atom. The zero-order valence-electron chi connectivity index (χ0n) is 15.7. The smallest absolute Gasteiger partial charge is 0.412 e. The number of nitrogens with one attached hydrogen (secondary N) is 3. The van der Waals surface area contributed by atoms with E-state index in [0.717, 1.165) is 27.8 Å². The number of anilines is 2. The number of aromatic nitrogens is 2. The van der Waals surface area contributed by atoms with Gasteiger partial charge in [0.2, 0.25) is 0 Å². The van der Waals surface area contributed by atoms with Gasteiger partial charge in [-0.25, -0.2) is 4.79 Å². The van der Waals surface area contributed by atoms with Gasteiger partial charge in [-0.05, 0) is 69.3 Å². The van der Waals surface area contributed by atoms with Gasteiger partial charge in [-0.2, -0.15) is 0 Å². The van der Waals surface area contributed by atoms with Crippen molar-refractivity contribution in [1.82, 2.24) is 9.97 Å². The summed E-state index contributed by atoms with van der Waals surface area (Å²) in [6.07, 6.45) is 3.33. The van der Waals surface area contributed by atoms with Crippen LogP contribution < -0.4 is 11.1 Å². The summed E-state index contributed by atoms with van der Waals surface area (Å²) in [4.78, 5) is 17.7. The van der Waals surface area contributed by atoms with Crippen molar-refractivity contribution in [3.05, 3.63) is 60.9 Å². The van der Waals surface area contributed by atoms with Crippen molar-refractivity contribution in [1.29, 1.82) is 0 Å². The molecule has 0 radical (unpaired) electrons. The van der Waals surface area contributed by atoms with E-state index in [1.807, 2.05) is 81.7 Å². The molecule has 0 saturated carbocycles. The van der Waals surface area contributed by atoms with Gasteiger partial charge >= 0.3 is 6.09 Å². The molecule has 0 aliphatic heterocycles. The average Bonchev–Trinajstić information content (AvgIpc) is 3.21. The maximum Gasteiger partial charge on any atom is 0.412 e. The largest absolute Gasteiger partial charge is 0.444 e. The lowest BCUT2D eigenvalue weighted by Crippen LogP contribution is -2.27. The van der Waals surface area contributed by atoms with Crippen LogP contribution in [0, 0.1) is 0 Å². The van der Waals surface area contributed by atoms with Gasteiger partial charge in [-0.15, -0.1) is 0 Å². The van der Waals surface area contributed by atoms with Gasteiger partial charge in [0.25, 0.3) is 0 Å². The second-order valence-electron chi connectivity index (χ2n) is 7.23. The van der Waals surface area contributed by atoms with E-state index in [2.05, 4.69) is 15.3 Å². The lowest BCUT2D eigenvalue weighted by molar-refractivity contribution is 0.0636. The Morgan fingerprint density at radius 2 is 1.52 bits per heavy atom. The van der Waals surface area contributed by atoms with E-state index in [9.17, 15) is 4.79 Å². The number of carbonyl (C=O) groups is 1. The van der Waals surface area contributed by atoms with Gasteiger partial charge < -0.3 is 20.4 Å². The van der Waals surface area contributed by atoms with Crippen LogP contribution in [-0.4, -0.2) is 21.7 Å². The van der Waals surface area contributed by atoms with E-state index in [1.54, 1.807) is 0 Å². The summed E-state index contributed by atoms with van der Waals surface area (Å²) >= 11 is 0. The van der Waals surface area contributed by atoms with E-state index >= 15 is 0 Å². The molecule has 27 heavy (non-hydrogen) atoms. The number of H-pyrrole nitrogens is 2. The fourth-order valence-corrected chi connectivity index (χ4v) is 2.62. The summed E-state index contributed by atoms with van der Waals surface area (Å²) in [6.45, 7) is 5.51. The number of aromatic amines is 2. The molecule has 0 fully saturated rings. The third kappa shape index (κ3) is 5.04. The first-order valence-electron chi connectivity index (χ1n) is 8.70. The number of benzene rings is 2. The normalized spacial score (nSPS) is 11.1. The highest BCUT2D eigenvalue weighted by Crippen LogP contribution is 2.18. The van der Waals surface area contributed by atoms with Crippen LogP contribution in [0.2, 0.25) is 0 Å². The Morgan fingerprint density at radius 1 is 0.926 bits per heavy atom. The minimum Gasteiger partial charge on any atom is -0.444 e. The first-order chi connectivity index (χ1) is 12.8. The molecule has 6 nitrogen and oxygen atoms in total. The van der Waals surface area contributed by atoms with Crippen LogP contribution in [0.15, 0.2) is 60.9 Å². The van der Waals surface area contributed by atoms with Crippen LogP contribution in [-0.2, 0) is 4.74 Å². The number of rotatable bonds is 1. The van der Waals surface area contributed by atoms with E-state index in [4.69, 9.17) is 10.5 Å². The molecule has 0 atom stereocenters. The number of nitrogen functional groups attached to an aromatic ring is 1. The first-order valence-corrected chi connectivity index (χ1v) is 8.70. The fourth-order valence-electron chi connectivity index (χ4n) is 2.62. The maximum absolute atomic E-state index is 11.6. The second kappa shape index (κ2) is 7.45. The van der Waals surface area contributed by atoms with Crippen molar-refractivity contribution >= 4 is 39.3 Å². The predicted molar refractivity (Wildman–Crippen MR) is 111 cm³/mol. The molecular weight excluding hydrogens is 340 g/mol. The quantitative estimate of drug-likeness (QED) is 0.347. The summed E-state index contributed by atoms with van der Waals surface area (Å²) < 4.78 is 5.18. The SMILES string of the molecule is CC(C)(C)OC(=O)Nc1ccc2[nH]ccc2c1.Nc1ccc2[nH]ccc2c1. The van der Waals surface area contributed by atoms with Crippen LogP contribution in [0.25, 0.3) is 21.8 Å². The standard InChI is InChI=1S/C13H16N2O2.C8H8N2/c1-13(2,3)17-12(16)15-10-4-5-11-9(8-10)6-7-14-11;9-7-1-2-8-6(5-7)3-4-10-8/h4-8,14H,1-3H3,(H,15,16);1-5,10H,9H2. The third-order valence-electron chi connectivity index (χ3n) is 3.78. The molecule has 4 rings (SSSR count). The van der Waals surface area contributed by atoms with Crippen molar-refractivity contribution in [3.63, 3.8) is 0 Å². The topological polar surface area (TPSA) is 95.9 Å². The Hall–Kier alpha value is -3.41. The van der Waals surface area contributed by atoms with Crippen LogP contribution in [0.1, 0.15) is 20.8 Å². The van der Waals surface area contributed by atoms with E-state index in [1.165, 1.54) is 5.39 Å². The number of nitrogens with two attached hydrogens (primary N) is 1. The molecule has 0 aliphatic carbocycles. The van der Waals surface area contributed by atoms with Gasteiger partial charge in [0.1, 0.15) is 5.60 Å². The molecule has 0 saturated heterocycles. The van der Waals surface area contributed by atoms with Gasteiger partial charge in [0, 0.05) is 45.6 Å². The number of ether oxygens (including phenoxy) is 1. The Bertz CT molecular complexity index is 1060. The molecule has 0 aliphatic rings. The number of fused-ring (bicyclic) bond motifs is 2. The minimum atomic E-state index is -0.484. The summed E-state index contributed by atoms with van der Waals surface area (Å²) in [5.74, 6) is 0. The van der Waals surface area contributed by atoms with Crippen molar-refractivity contribution in [2.45, 2.75) is 26.4 Å². The summed E-state index contributed by atoms with van der Waals surface area (Å²) in [5.41, 5.74) is 8.80. The van der Waals surface area contributed by atoms with Crippen LogP contribution in [0.4, 0.5) is 16.2 Å². The molecule has 140 valence electrons. The third-order valence-corrected chi connectivity index (χ3v) is 3.78. The molecule has 5 N–H and O–H groups in total. The molecule has 0 spiro atoms. The summed E-state index contributed by atoms with van der Waals surface area (Å²) in [7, 11) is 0. The second-order valence-corrected chi connectivity index (χ2v) is 7.23. The highest BCUT2D eigenvalue weighted by molar-refractivity contribution is 5.90.